The van der Waals surface area contributed by atoms with Gasteiger partial charge >= 0.3 is 0 Å². The summed E-state index contributed by atoms with van der Waals surface area (Å²) in [6.07, 6.45) is 0. The second-order valence-corrected chi connectivity index (χ2v) is 17.1. The number of rotatable bonds is 7. The predicted octanol–water partition coefficient (Wildman–Crippen LogP) is 17.6. The van der Waals surface area contributed by atoms with Crippen LogP contribution in [0.4, 0.5) is 0 Å². The van der Waals surface area contributed by atoms with E-state index in [1.54, 1.807) is 0 Å². The Morgan fingerprint density at radius 3 is 1.34 bits per heavy atom. The monoisotopic (exact) mass is 806 g/mol. The molecule has 0 aliphatic carbocycles. The predicted molar refractivity (Wildman–Crippen MR) is 265 cm³/mol. The molecule has 0 radical (unpaired) electrons. The van der Waals surface area contributed by atoms with E-state index in [4.69, 9.17) is 4.42 Å². The number of para-hydroxylation sites is 2. The topological polar surface area (TPSA) is 13.1 Å². The Bertz CT molecular complexity index is 3640. The Hall–Kier alpha value is -7.78. The van der Waals surface area contributed by atoms with Crippen molar-refractivity contribution in [3.05, 3.63) is 231 Å². The van der Waals surface area contributed by atoms with Gasteiger partial charge in [0.25, 0.3) is 0 Å². The van der Waals surface area contributed by atoms with Crippen LogP contribution >= 0.6 is 11.3 Å². The van der Waals surface area contributed by atoms with Gasteiger partial charge in [-0.15, -0.1) is 11.3 Å². The average molecular weight is 807 g/mol. The van der Waals surface area contributed by atoms with E-state index >= 15 is 0 Å². The van der Waals surface area contributed by atoms with E-state index in [-0.39, 0.29) is 0 Å². The molecule has 0 aliphatic heterocycles. The van der Waals surface area contributed by atoms with E-state index in [0.717, 1.165) is 44.2 Å². The molecule has 0 unspecified atom stereocenters. The molecule has 1 nitrogen and oxygen atoms in total. The number of hydrogen-bond donors (Lipinski definition) is 0. The van der Waals surface area contributed by atoms with Crippen molar-refractivity contribution in [1.29, 1.82) is 0 Å². The van der Waals surface area contributed by atoms with Crippen LogP contribution in [-0.4, -0.2) is 0 Å². The Kier molecular flexibility index (Phi) is 8.76. The normalized spacial score (nSPS) is 11.5. The van der Waals surface area contributed by atoms with Crippen LogP contribution < -0.4 is 0 Å². The van der Waals surface area contributed by atoms with Gasteiger partial charge in [0, 0.05) is 36.5 Å². The van der Waals surface area contributed by atoms with Gasteiger partial charge in [0.05, 0.1) is 0 Å². The largest absolute Gasteiger partial charge is 0.455 e. The minimum atomic E-state index is 0.905. The summed E-state index contributed by atoms with van der Waals surface area (Å²) in [7, 11) is 0. The van der Waals surface area contributed by atoms with E-state index in [0.29, 0.717) is 0 Å². The molecule has 10 aromatic carbocycles. The lowest BCUT2D eigenvalue weighted by molar-refractivity contribution is 0.670. The second-order valence-electron chi connectivity index (χ2n) is 16.0. The summed E-state index contributed by atoms with van der Waals surface area (Å²) in [4.78, 5) is 0. The summed E-state index contributed by atoms with van der Waals surface area (Å²) in [5, 5.41) is 4.91. The number of fused-ring (bicyclic) bond motifs is 6. The van der Waals surface area contributed by atoms with Crippen LogP contribution in [0.2, 0.25) is 0 Å². The fourth-order valence-corrected chi connectivity index (χ4v) is 10.4. The molecule has 12 aromatic rings. The summed E-state index contributed by atoms with van der Waals surface area (Å²) in [5.41, 5.74) is 18.4. The smallest absolute Gasteiger partial charge is 0.143 e. The van der Waals surface area contributed by atoms with Gasteiger partial charge in [-0.3, -0.25) is 0 Å². The minimum Gasteiger partial charge on any atom is -0.455 e. The van der Waals surface area contributed by atoms with E-state index in [1.807, 2.05) is 17.4 Å². The molecule has 2 aromatic heterocycles. The van der Waals surface area contributed by atoms with Crippen molar-refractivity contribution < 1.29 is 4.42 Å². The molecule has 0 fully saturated rings. The van der Waals surface area contributed by atoms with Crippen molar-refractivity contribution in [2.24, 2.45) is 0 Å². The molecule has 0 saturated heterocycles. The molecule has 0 atom stereocenters. The highest BCUT2D eigenvalue weighted by atomic mass is 32.1. The van der Waals surface area contributed by atoms with Gasteiger partial charge in [-0.1, -0.05) is 176 Å². The highest BCUT2D eigenvalue weighted by Crippen LogP contribution is 2.42. The summed E-state index contributed by atoms with van der Waals surface area (Å²) in [6, 6.07) is 83.6. The Labute approximate surface area is 364 Å². The van der Waals surface area contributed by atoms with Crippen molar-refractivity contribution >= 4 is 53.4 Å². The Morgan fingerprint density at radius 1 is 0.258 bits per heavy atom. The maximum absolute atomic E-state index is 6.53. The van der Waals surface area contributed by atoms with Crippen LogP contribution in [0.25, 0.3) is 120 Å². The zero-order chi connectivity index (χ0) is 41.0. The molecule has 0 spiro atoms. The molecular formula is C60H38OS. The van der Waals surface area contributed by atoms with Crippen molar-refractivity contribution in [3.8, 4) is 77.9 Å². The number of furan rings is 1. The highest BCUT2D eigenvalue weighted by Gasteiger charge is 2.16. The quantitative estimate of drug-likeness (QED) is 0.156. The standard InChI is InChI=1S/C60H38OS/c1-2-14-39(15-3-1)48-36-49(38-50(37-48)51-26-12-28-55-53-24-4-6-30-57(53)61-59(51)55)46-22-10-20-44(34-46)42-18-8-16-40(32-42)41-17-9-19-43(33-41)45-21-11-23-47(35-45)52-27-13-29-56-54-25-5-7-31-58(54)62-60(52)56/h1-38H. The highest BCUT2D eigenvalue weighted by molar-refractivity contribution is 7.26. The summed E-state index contributed by atoms with van der Waals surface area (Å²) < 4.78 is 9.20. The lowest BCUT2D eigenvalue weighted by atomic mass is 9.91. The van der Waals surface area contributed by atoms with E-state index < -0.39 is 0 Å². The molecule has 0 aliphatic rings. The van der Waals surface area contributed by atoms with Crippen LogP contribution in [0, 0.1) is 0 Å². The SMILES string of the molecule is c1ccc(-c2cc(-c3cccc(-c4cccc(-c5cccc(-c6cccc(-c7cccc8c7sc7ccccc78)c6)c5)c4)c3)cc(-c3cccc4c3oc3ccccc34)c2)cc1. The van der Waals surface area contributed by atoms with Crippen molar-refractivity contribution in [2.75, 3.05) is 0 Å². The van der Waals surface area contributed by atoms with E-state index in [2.05, 4.69) is 224 Å². The first-order chi connectivity index (χ1) is 30.7. The minimum absolute atomic E-state index is 0.905. The van der Waals surface area contributed by atoms with Gasteiger partial charge in [0.15, 0.2) is 0 Å². The van der Waals surface area contributed by atoms with Gasteiger partial charge < -0.3 is 4.42 Å². The van der Waals surface area contributed by atoms with Gasteiger partial charge in [-0.25, -0.2) is 0 Å². The zero-order valence-electron chi connectivity index (χ0n) is 33.8. The first kappa shape index (κ1) is 36.1. The molecule has 0 amide bonds. The third-order valence-corrected chi connectivity index (χ3v) is 13.5. The van der Waals surface area contributed by atoms with Crippen LogP contribution in [0.5, 0.6) is 0 Å². The first-order valence-corrected chi connectivity index (χ1v) is 22.0. The third-order valence-electron chi connectivity index (χ3n) is 12.3. The number of benzene rings is 10. The average Bonchev–Trinajstić information content (AvgIpc) is 3.93. The number of thiophene rings is 1. The van der Waals surface area contributed by atoms with Crippen molar-refractivity contribution in [2.45, 2.75) is 0 Å². The van der Waals surface area contributed by atoms with Crippen LogP contribution in [0.15, 0.2) is 235 Å². The second kappa shape index (κ2) is 15.0. The molecule has 0 bridgehead atoms. The molecule has 2 heteroatoms. The molecule has 0 N–H and O–H groups in total. The molecule has 12 rings (SSSR count). The molecule has 2 heterocycles. The van der Waals surface area contributed by atoms with Crippen LogP contribution in [0.1, 0.15) is 0 Å². The number of hydrogen-bond acceptors (Lipinski definition) is 2. The zero-order valence-corrected chi connectivity index (χ0v) is 34.6. The van der Waals surface area contributed by atoms with Crippen LogP contribution in [0.3, 0.4) is 0 Å². The lowest BCUT2D eigenvalue weighted by Gasteiger charge is -2.13. The lowest BCUT2D eigenvalue weighted by Crippen LogP contribution is -1.88. The Balaban J connectivity index is 0.898. The van der Waals surface area contributed by atoms with Crippen molar-refractivity contribution in [1.82, 2.24) is 0 Å². The van der Waals surface area contributed by atoms with E-state index in [1.165, 1.54) is 75.8 Å². The van der Waals surface area contributed by atoms with Gasteiger partial charge in [0.2, 0.25) is 0 Å². The fourth-order valence-electron chi connectivity index (χ4n) is 9.20. The summed E-state index contributed by atoms with van der Waals surface area (Å²) in [6.45, 7) is 0. The molecule has 0 saturated carbocycles. The van der Waals surface area contributed by atoms with Crippen LogP contribution in [-0.2, 0) is 0 Å². The maximum atomic E-state index is 6.53. The summed E-state index contributed by atoms with van der Waals surface area (Å²) >= 11 is 1.88. The Morgan fingerprint density at radius 2 is 0.677 bits per heavy atom. The fraction of sp³-hybridized carbons (Fsp3) is 0. The van der Waals surface area contributed by atoms with Gasteiger partial charge in [-0.05, 0) is 127 Å². The van der Waals surface area contributed by atoms with Gasteiger partial charge in [-0.2, -0.15) is 0 Å². The third kappa shape index (κ3) is 6.41. The van der Waals surface area contributed by atoms with Gasteiger partial charge in [0.1, 0.15) is 11.2 Å². The molecule has 290 valence electrons. The maximum Gasteiger partial charge on any atom is 0.143 e. The van der Waals surface area contributed by atoms with E-state index in [9.17, 15) is 0 Å². The first-order valence-electron chi connectivity index (χ1n) is 21.1. The molecule has 62 heavy (non-hydrogen) atoms. The summed E-state index contributed by atoms with van der Waals surface area (Å²) in [5.74, 6) is 0. The molecular weight excluding hydrogens is 769 g/mol. The van der Waals surface area contributed by atoms with Crippen molar-refractivity contribution in [3.63, 3.8) is 0 Å².